The summed E-state index contributed by atoms with van der Waals surface area (Å²) in [5, 5.41) is 15.1. The predicted octanol–water partition coefficient (Wildman–Crippen LogP) is 1.65. The van der Waals surface area contributed by atoms with E-state index in [-0.39, 0.29) is 12.1 Å². The van der Waals surface area contributed by atoms with Crippen LogP contribution in [0.4, 0.5) is 4.79 Å². The van der Waals surface area contributed by atoms with Gasteiger partial charge in [0.1, 0.15) is 0 Å². The van der Waals surface area contributed by atoms with Crippen molar-refractivity contribution in [3.63, 3.8) is 0 Å². The van der Waals surface area contributed by atoms with Crippen LogP contribution in [0.25, 0.3) is 0 Å². The van der Waals surface area contributed by atoms with E-state index in [0.29, 0.717) is 19.0 Å². The standard InChI is InChI=1S/C14H20N2O2/c17-13-7-6-12(8-13)10-16-14(18)15-9-11-4-2-1-3-5-11/h1-5,12-13,17H,6-10H2,(H2,15,16,18). The Balaban J connectivity index is 1.63. The van der Waals surface area contributed by atoms with Gasteiger partial charge in [-0.1, -0.05) is 30.3 Å². The Morgan fingerprint density at radius 3 is 2.67 bits per heavy atom. The van der Waals surface area contributed by atoms with Crippen LogP contribution >= 0.6 is 0 Å². The number of aliphatic hydroxyl groups excluding tert-OH is 1. The van der Waals surface area contributed by atoms with Gasteiger partial charge in [0.05, 0.1) is 6.10 Å². The third-order valence-electron chi connectivity index (χ3n) is 3.36. The Morgan fingerprint density at radius 1 is 1.22 bits per heavy atom. The molecule has 18 heavy (non-hydrogen) atoms. The summed E-state index contributed by atoms with van der Waals surface area (Å²) in [5.74, 6) is 0.419. The zero-order valence-electron chi connectivity index (χ0n) is 10.4. The lowest BCUT2D eigenvalue weighted by atomic mass is 10.1. The molecule has 1 fully saturated rings. The van der Waals surface area contributed by atoms with Crippen LogP contribution in [0, 0.1) is 5.92 Å². The molecule has 0 heterocycles. The van der Waals surface area contributed by atoms with Crippen molar-refractivity contribution < 1.29 is 9.90 Å². The number of urea groups is 1. The molecule has 2 unspecified atom stereocenters. The zero-order chi connectivity index (χ0) is 12.8. The number of carbonyl (C=O) groups is 1. The van der Waals surface area contributed by atoms with E-state index < -0.39 is 0 Å². The molecule has 1 aromatic carbocycles. The van der Waals surface area contributed by atoms with E-state index in [4.69, 9.17) is 0 Å². The molecular weight excluding hydrogens is 228 g/mol. The normalized spacial score (nSPS) is 22.7. The number of amides is 2. The van der Waals surface area contributed by atoms with Crippen molar-refractivity contribution >= 4 is 6.03 Å². The molecule has 3 N–H and O–H groups in total. The fourth-order valence-corrected chi connectivity index (χ4v) is 2.31. The summed E-state index contributed by atoms with van der Waals surface area (Å²) in [6, 6.07) is 9.68. The van der Waals surface area contributed by atoms with Crippen LogP contribution in [0.15, 0.2) is 30.3 Å². The van der Waals surface area contributed by atoms with Crippen LogP contribution in [0.1, 0.15) is 24.8 Å². The minimum absolute atomic E-state index is 0.139. The van der Waals surface area contributed by atoms with Gasteiger partial charge in [0.2, 0.25) is 0 Å². The largest absolute Gasteiger partial charge is 0.393 e. The van der Waals surface area contributed by atoms with Crippen molar-refractivity contribution in [3.05, 3.63) is 35.9 Å². The highest BCUT2D eigenvalue weighted by Crippen LogP contribution is 2.24. The van der Waals surface area contributed by atoms with E-state index in [1.54, 1.807) is 0 Å². The third-order valence-corrected chi connectivity index (χ3v) is 3.36. The minimum Gasteiger partial charge on any atom is -0.393 e. The van der Waals surface area contributed by atoms with Gasteiger partial charge in [0.15, 0.2) is 0 Å². The van der Waals surface area contributed by atoms with E-state index in [1.165, 1.54) is 0 Å². The van der Waals surface area contributed by atoms with Crippen LogP contribution in [-0.4, -0.2) is 23.8 Å². The van der Waals surface area contributed by atoms with Crippen molar-refractivity contribution in [2.45, 2.75) is 31.9 Å². The van der Waals surface area contributed by atoms with Gasteiger partial charge in [0.25, 0.3) is 0 Å². The molecule has 98 valence electrons. The van der Waals surface area contributed by atoms with Crippen molar-refractivity contribution in [3.8, 4) is 0 Å². The number of benzene rings is 1. The molecule has 2 atom stereocenters. The van der Waals surface area contributed by atoms with E-state index in [9.17, 15) is 9.90 Å². The monoisotopic (exact) mass is 248 g/mol. The average Bonchev–Trinajstić information content (AvgIpc) is 2.81. The van der Waals surface area contributed by atoms with Gasteiger partial charge in [-0.3, -0.25) is 0 Å². The molecule has 1 aliphatic carbocycles. The zero-order valence-corrected chi connectivity index (χ0v) is 10.4. The van der Waals surface area contributed by atoms with E-state index in [1.807, 2.05) is 30.3 Å². The van der Waals surface area contributed by atoms with Gasteiger partial charge in [-0.05, 0) is 30.7 Å². The molecule has 1 saturated carbocycles. The molecule has 0 aromatic heterocycles. The number of hydrogen-bond acceptors (Lipinski definition) is 2. The molecular formula is C14H20N2O2. The fraction of sp³-hybridized carbons (Fsp3) is 0.500. The number of rotatable bonds is 4. The maximum absolute atomic E-state index is 11.6. The van der Waals surface area contributed by atoms with Crippen LogP contribution in [0.3, 0.4) is 0 Å². The first-order valence-corrected chi connectivity index (χ1v) is 6.47. The molecule has 0 radical (unpaired) electrons. The maximum Gasteiger partial charge on any atom is 0.315 e. The van der Waals surface area contributed by atoms with Gasteiger partial charge in [-0.2, -0.15) is 0 Å². The van der Waals surface area contributed by atoms with Gasteiger partial charge < -0.3 is 15.7 Å². The van der Waals surface area contributed by atoms with Gasteiger partial charge in [-0.15, -0.1) is 0 Å². The second kappa shape index (κ2) is 6.40. The lowest BCUT2D eigenvalue weighted by Gasteiger charge is -2.11. The molecule has 4 nitrogen and oxygen atoms in total. The van der Waals surface area contributed by atoms with E-state index in [0.717, 1.165) is 24.8 Å². The summed E-state index contributed by atoms with van der Waals surface area (Å²) in [6.45, 7) is 1.19. The van der Waals surface area contributed by atoms with Crippen LogP contribution < -0.4 is 10.6 Å². The summed E-state index contributed by atoms with van der Waals surface area (Å²) in [7, 11) is 0. The highest BCUT2D eigenvalue weighted by atomic mass is 16.3. The number of carbonyl (C=O) groups excluding carboxylic acids is 1. The summed E-state index contributed by atoms with van der Waals surface area (Å²) in [5.41, 5.74) is 1.09. The number of aliphatic hydroxyl groups is 1. The Hall–Kier alpha value is -1.55. The van der Waals surface area contributed by atoms with Crippen molar-refractivity contribution in [1.29, 1.82) is 0 Å². The van der Waals surface area contributed by atoms with Crippen molar-refractivity contribution in [2.24, 2.45) is 5.92 Å². The predicted molar refractivity (Wildman–Crippen MR) is 70.0 cm³/mol. The van der Waals surface area contributed by atoms with Crippen molar-refractivity contribution in [2.75, 3.05) is 6.54 Å². The highest BCUT2D eigenvalue weighted by molar-refractivity contribution is 5.73. The molecule has 0 spiro atoms. The van der Waals surface area contributed by atoms with Crippen molar-refractivity contribution in [1.82, 2.24) is 10.6 Å². The summed E-state index contributed by atoms with van der Waals surface area (Å²) in [6.07, 6.45) is 2.49. The fourth-order valence-electron chi connectivity index (χ4n) is 2.31. The molecule has 0 saturated heterocycles. The summed E-state index contributed by atoms with van der Waals surface area (Å²) >= 11 is 0. The second-order valence-electron chi connectivity index (χ2n) is 4.88. The van der Waals surface area contributed by atoms with Crippen LogP contribution in [-0.2, 0) is 6.54 Å². The van der Waals surface area contributed by atoms with Crippen LogP contribution in [0.2, 0.25) is 0 Å². The van der Waals surface area contributed by atoms with Gasteiger partial charge in [-0.25, -0.2) is 4.79 Å². The Bertz CT molecular complexity index is 381. The second-order valence-corrected chi connectivity index (χ2v) is 4.88. The molecule has 1 aliphatic rings. The van der Waals surface area contributed by atoms with E-state index >= 15 is 0 Å². The Morgan fingerprint density at radius 2 is 2.00 bits per heavy atom. The number of hydrogen-bond donors (Lipinski definition) is 3. The Labute approximate surface area is 107 Å². The quantitative estimate of drug-likeness (QED) is 0.758. The first-order chi connectivity index (χ1) is 8.74. The first-order valence-electron chi connectivity index (χ1n) is 6.47. The number of nitrogens with one attached hydrogen (secondary N) is 2. The third kappa shape index (κ3) is 4.04. The lowest BCUT2D eigenvalue weighted by Crippen LogP contribution is -2.37. The summed E-state index contributed by atoms with van der Waals surface area (Å²) < 4.78 is 0. The van der Waals surface area contributed by atoms with Gasteiger partial charge in [0, 0.05) is 13.1 Å². The first kappa shape index (κ1) is 12.9. The molecule has 2 amide bonds. The lowest BCUT2D eigenvalue weighted by molar-refractivity contribution is 0.177. The molecule has 2 rings (SSSR count). The van der Waals surface area contributed by atoms with Crippen LogP contribution in [0.5, 0.6) is 0 Å². The minimum atomic E-state index is -0.177. The highest BCUT2D eigenvalue weighted by Gasteiger charge is 2.22. The topological polar surface area (TPSA) is 61.4 Å². The smallest absolute Gasteiger partial charge is 0.315 e. The molecule has 0 aliphatic heterocycles. The maximum atomic E-state index is 11.6. The van der Waals surface area contributed by atoms with Gasteiger partial charge >= 0.3 is 6.03 Å². The average molecular weight is 248 g/mol. The summed E-state index contributed by atoms with van der Waals surface area (Å²) in [4.78, 5) is 11.6. The van der Waals surface area contributed by atoms with E-state index in [2.05, 4.69) is 10.6 Å². The SMILES string of the molecule is O=C(NCc1ccccc1)NCC1CCC(O)C1. The molecule has 0 bridgehead atoms. The molecule has 1 aromatic rings. The molecule has 4 heteroatoms. The Kier molecular flexibility index (Phi) is 4.59.